The molecule has 0 heterocycles. The van der Waals surface area contributed by atoms with Gasteiger partial charge in [0.15, 0.2) is 0 Å². The zero-order valence-electron chi connectivity index (χ0n) is 9.99. The number of rotatable bonds is 3. The number of hydrogen-bond donors (Lipinski definition) is 0. The molecule has 0 bridgehead atoms. The van der Waals surface area contributed by atoms with Crippen molar-refractivity contribution in [1.29, 1.82) is 0 Å². The van der Waals surface area contributed by atoms with Crippen molar-refractivity contribution >= 4 is 0 Å². The second-order valence-electron chi connectivity index (χ2n) is 5.33. The minimum absolute atomic E-state index is 0.428. The first kappa shape index (κ1) is 12.0. The molecule has 0 radical (unpaired) electrons. The van der Waals surface area contributed by atoms with Gasteiger partial charge in [0, 0.05) is 0 Å². The van der Waals surface area contributed by atoms with E-state index in [1.54, 1.807) is 0 Å². The van der Waals surface area contributed by atoms with Crippen molar-refractivity contribution in [1.82, 2.24) is 0 Å². The van der Waals surface area contributed by atoms with Gasteiger partial charge in [-0.1, -0.05) is 54.9 Å². The molecule has 0 spiro atoms. The highest BCUT2D eigenvalue weighted by molar-refractivity contribution is 4.88. The normalized spacial score (nSPS) is 20.2. The Hall–Kier alpha value is 0. The lowest BCUT2D eigenvalue weighted by Crippen LogP contribution is -2.37. The van der Waals surface area contributed by atoms with Crippen LogP contribution in [0, 0.1) is 16.7 Å². The van der Waals surface area contributed by atoms with E-state index in [9.17, 15) is 0 Å². The summed E-state index contributed by atoms with van der Waals surface area (Å²) in [6, 6.07) is 0. The molecule has 0 aliphatic carbocycles. The van der Waals surface area contributed by atoms with Gasteiger partial charge in [0.05, 0.1) is 0 Å². The summed E-state index contributed by atoms with van der Waals surface area (Å²) in [5.74, 6) is 0.822. The Kier molecular flexibility index (Phi) is 3.81. The predicted molar refractivity (Wildman–Crippen MR) is 57.3 cm³/mol. The summed E-state index contributed by atoms with van der Waals surface area (Å²) in [5, 5.41) is 0. The van der Waals surface area contributed by atoms with Crippen molar-refractivity contribution in [2.24, 2.45) is 16.7 Å². The molecule has 0 aromatic rings. The van der Waals surface area contributed by atoms with Gasteiger partial charge in [-0.05, 0) is 23.2 Å². The topological polar surface area (TPSA) is 0 Å². The van der Waals surface area contributed by atoms with Crippen molar-refractivity contribution in [2.75, 3.05) is 0 Å². The zero-order valence-corrected chi connectivity index (χ0v) is 9.99. The first-order valence-electron chi connectivity index (χ1n) is 5.29. The standard InChI is InChI=1S/C12H26/c1-8-10(3)12(7,9-2)11(4,5)6/h10H,8-9H2,1-7H3. The minimum atomic E-state index is 0.428. The molecule has 12 heavy (non-hydrogen) atoms. The maximum Gasteiger partial charge on any atom is -0.0254 e. The molecule has 0 amide bonds. The average molecular weight is 170 g/mol. The quantitative estimate of drug-likeness (QED) is 0.585. The fourth-order valence-electron chi connectivity index (χ4n) is 2.07. The molecule has 74 valence electrons. The Morgan fingerprint density at radius 1 is 1.00 bits per heavy atom. The molecule has 0 aliphatic heterocycles. The largest absolute Gasteiger partial charge is 0.0651 e. The molecule has 0 fully saturated rings. The summed E-state index contributed by atoms with van der Waals surface area (Å²) < 4.78 is 0. The molecule has 0 aromatic heterocycles. The van der Waals surface area contributed by atoms with Crippen LogP contribution in [0.5, 0.6) is 0 Å². The Morgan fingerprint density at radius 3 is 1.50 bits per heavy atom. The summed E-state index contributed by atoms with van der Waals surface area (Å²) in [5.41, 5.74) is 0.916. The average Bonchev–Trinajstić information content (AvgIpc) is 1.99. The first-order valence-corrected chi connectivity index (χ1v) is 5.29. The summed E-state index contributed by atoms with van der Waals surface area (Å²) in [7, 11) is 0. The van der Waals surface area contributed by atoms with Crippen LogP contribution in [0.15, 0.2) is 0 Å². The van der Waals surface area contributed by atoms with Gasteiger partial charge in [0.25, 0.3) is 0 Å². The molecule has 0 N–H and O–H groups in total. The Bertz CT molecular complexity index is 129. The molecule has 0 aromatic carbocycles. The molecule has 0 aliphatic rings. The van der Waals surface area contributed by atoms with Crippen molar-refractivity contribution in [3.63, 3.8) is 0 Å². The lowest BCUT2D eigenvalue weighted by molar-refractivity contribution is 0.0362. The van der Waals surface area contributed by atoms with Crippen molar-refractivity contribution in [3.8, 4) is 0 Å². The summed E-state index contributed by atoms with van der Waals surface area (Å²) >= 11 is 0. The fourth-order valence-corrected chi connectivity index (χ4v) is 2.07. The molecule has 0 saturated carbocycles. The first-order chi connectivity index (χ1) is 5.29. The van der Waals surface area contributed by atoms with Crippen LogP contribution >= 0.6 is 0 Å². The molecule has 0 saturated heterocycles. The van der Waals surface area contributed by atoms with Crippen LogP contribution in [0.1, 0.15) is 61.3 Å². The van der Waals surface area contributed by atoms with Crippen LogP contribution in [-0.4, -0.2) is 0 Å². The third kappa shape index (κ3) is 2.02. The van der Waals surface area contributed by atoms with Crippen LogP contribution in [0.25, 0.3) is 0 Å². The van der Waals surface area contributed by atoms with E-state index >= 15 is 0 Å². The predicted octanol–water partition coefficient (Wildman–Crippen LogP) is 4.49. The fraction of sp³-hybridized carbons (Fsp3) is 1.00. The summed E-state index contributed by atoms with van der Waals surface area (Å²) in [6.45, 7) is 16.5. The van der Waals surface area contributed by atoms with Crippen LogP contribution in [0.2, 0.25) is 0 Å². The SMILES string of the molecule is CCC(C)C(C)(CC)C(C)(C)C. The third-order valence-electron chi connectivity index (χ3n) is 4.15. The Morgan fingerprint density at radius 2 is 1.42 bits per heavy atom. The van der Waals surface area contributed by atoms with Crippen LogP contribution in [0.3, 0.4) is 0 Å². The summed E-state index contributed by atoms with van der Waals surface area (Å²) in [6.07, 6.45) is 2.58. The highest BCUT2D eigenvalue weighted by Gasteiger charge is 2.39. The molecular weight excluding hydrogens is 144 g/mol. The van der Waals surface area contributed by atoms with Gasteiger partial charge >= 0.3 is 0 Å². The van der Waals surface area contributed by atoms with E-state index in [1.807, 2.05) is 0 Å². The van der Waals surface area contributed by atoms with Gasteiger partial charge in [-0.25, -0.2) is 0 Å². The van der Waals surface area contributed by atoms with Crippen molar-refractivity contribution in [3.05, 3.63) is 0 Å². The molecule has 0 nitrogen and oxygen atoms in total. The van der Waals surface area contributed by atoms with Crippen molar-refractivity contribution in [2.45, 2.75) is 61.3 Å². The van der Waals surface area contributed by atoms with E-state index < -0.39 is 0 Å². The lowest BCUT2D eigenvalue weighted by Gasteiger charge is -2.46. The minimum Gasteiger partial charge on any atom is -0.0651 e. The van der Waals surface area contributed by atoms with Gasteiger partial charge < -0.3 is 0 Å². The smallest absolute Gasteiger partial charge is 0.0254 e. The van der Waals surface area contributed by atoms with Gasteiger partial charge in [0.1, 0.15) is 0 Å². The lowest BCUT2D eigenvalue weighted by atomic mass is 9.59. The van der Waals surface area contributed by atoms with Crippen LogP contribution in [-0.2, 0) is 0 Å². The van der Waals surface area contributed by atoms with E-state index in [1.165, 1.54) is 12.8 Å². The van der Waals surface area contributed by atoms with E-state index in [-0.39, 0.29) is 0 Å². The van der Waals surface area contributed by atoms with E-state index in [0.717, 1.165) is 5.92 Å². The van der Waals surface area contributed by atoms with Crippen LogP contribution < -0.4 is 0 Å². The molecule has 2 atom stereocenters. The Labute approximate surface area is 78.8 Å². The molecular formula is C12H26. The van der Waals surface area contributed by atoms with Gasteiger partial charge in [-0.15, -0.1) is 0 Å². The second-order valence-corrected chi connectivity index (χ2v) is 5.33. The van der Waals surface area contributed by atoms with Crippen molar-refractivity contribution < 1.29 is 0 Å². The third-order valence-corrected chi connectivity index (χ3v) is 4.15. The van der Waals surface area contributed by atoms with Crippen LogP contribution in [0.4, 0.5) is 0 Å². The highest BCUT2D eigenvalue weighted by Crippen LogP contribution is 2.47. The molecule has 0 rings (SSSR count). The monoisotopic (exact) mass is 170 g/mol. The van der Waals surface area contributed by atoms with E-state index in [2.05, 4.69) is 48.5 Å². The van der Waals surface area contributed by atoms with Gasteiger partial charge in [0.2, 0.25) is 0 Å². The second kappa shape index (κ2) is 3.81. The van der Waals surface area contributed by atoms with Gasteiger partial charge in [-0.2, -0.15) is 0 Å². The Balaban J connectivity index is 4.67. The highest BCUT2D eigenvalue weighted by atomic mass is 14.4. The molecule has 2 unspecified atom stereocenters. The van der Waals surface area contributed by atoms with E-state index in [4.69, 9.17) is 0 Å². The van der Waals surface area contributed by atoms with E-state index in [0.29, 0.717) is 10.8 Å². The maximum absolute atomic E-state index is 2.43. The van der Waals surface area contributed by atoms with Gasteiger partial charge in [-0.3, -0.25) is 0 Å². The molecule has 0 heteroatoms. The maximum atomic E-state index is 2.43. The summed E-state index contributed by atoms with van der Waals surface area (Å²) in [4.78, 5) is 0. The zero-order chi connectivity index (χ0) is 9.99. The number of hydrogen-bond acceptors (Lipinski definition) is 0.